The van der Waals surface area contributed by atoms with E-state index in [0.717, 1.165) is 22.9 Å². The Morgan fingerprint density at radius 2 is 2.29 bits per heavy atom. The van der Waals surface area contributed by atoms with Crippen molar-refractivity contribution in [1.29, 1.82) is 5.26 Å². The maximum Gasteiger partial charge on any atom is 0.209 e. The Labute approximate surface area is 156 Å². The molecule has 0 aliphatic heterocycles. The van der Waals surface area contributed by atoms with E-state index in [4.69, 9.17) is 29.1 Å². The van der Waals surface area contributed by atoms with Crippen LogP contribution >= 0.6 is 35.2 Å². The van der Waals surface area contributed by atoms with E-state index in [0.29, 0.717) is 22.2 Å². The second kappa shape index (κ2) is 8.58. The Bertz CT molecular complexity index is 792. The monoisotopic (exact) mass is 381 g/mol. The fraction of sp³-hybridized carbons (Fsp3) is 0.438. The Morgan fingerprint density at radius 1 is 1.54 bits per heavy atom. The fourth-order valence-corrected chi connectivity index (χ4v) is 3.34. The van der Waals surface area contributed by atoms with Gasteiger partial charge in [0.2, 0.25) is 5.13 Å². The molecule has 0 fully saturated rings. The zero-order chi connectivity index (χ0) is 17.7. The molecular formula is C16H20ClN5S2. The highest BCUT2D eigenvalue weighted by Gasteiger charge is 2.11. The van der Waals surface area contributed by atoms with Crippen LogP contribution in [0.2, 0.25) is 5.02 Å². The van der Waals surface area contributed by atoms with Crippen LogP contribution in [0.25, 0.3) is 0 Å². The quantitative estimate of drug-likeness (QED) is 0.697. The van der Waals surface area contributed by atoms with Gasteiger partial charge >= 0.3 is 0 Å². The van der Waals surface area contributed by atoms with E-state index in [-0.39, 0.29) is 5.92 Å². The lowest BCUT2D eigenvalue weighted by Crippen LogP contribution is -2.30. The van der Waals surface area contributed by atoms with Crippen molar-refractivity contribution in [2.24, 2.45) is 5.92 Å². The molecule has 0 amide bonds. The topological polar surface area (TPSA) is 56.9 Å². The summed E-state index contributed by atoms with van der Waals surface area (Å²) in [5, 5.41) is 18.2. The molecule has 128 valence electrons. The molecule has 1 heterocycles. The summed E-state index contributed by atoms with van der Waals surface area (Å²) in [6, 6.07) is 8.05. The smallest absolute Gasteiger partial charge is 0.209 e. The molecule has 2 aromatic rings. The van der Waals surface area contributed by atoms with Crippen LogP contribution in [0, 0.1) is 28.1 Å². The highest BCUT2D eigenvalue weighted by atomic mass is 35.5. The minimum absolute atomic E-state index is 0.0231. The highest BCUT2D eigenvalue weighted by Crippen LogP contribution is 2.25. The summed E-state index contributed by atoms with van der Waals surface area (Å²) in [7, 11) is 0. The molecule has 1 N–H and O–H groups in total. The summed E-state index contributed by atoms with van der Waals surface area (Å²) in [5.41, 5.74) is 1.91. The third kappa shape index (κ3) is 5.02. The maximum absolute atomic E-state index is 8.97. The Hall–Kier alpha value is -1.46. The molecule has 0 saturated heterocycles. The van der Waals surface area contributed by atoms with Gasteiger partial charge in [0.05, 0.1) is 18.7 Å². The van der Waals surface area contributed by atoms with Crippen LogP contribution in [0.1, 0.15) is 19.4 Å². The number of halogens is 1. The van der Waals surface area contributed by atoms with Crippen LogP contribution in [0.3, 0.4) is 0 Å². The van der Waals surface area contributed by atoms with Crippen LogP contribution in [0.5, 0.6) is 0 Å². The number of nitriles is 1. The maximum atomic E-state index is 8.97. The number of hydrogen-bond donors (Lipinski definition) is 1. The van der Waals surface area contributed by atoms with E-state index in [1.807, 2.05) is 32.0 Å². The molecule has 0 radical (unpaired) electrons. The summed E-state index contributed by atoms with van der Waals surface area (Å²) >= 11 is 13.0. The molecule has 0 aliphatic rings. The molecule has 5 nitrogen and oxygen atoms in total. The van der Waals surface area contributed by atoms with Crippen LogP contribution in [-0.4, -0.2) is 27.8 Å². The predicted molar refractivity (Wildman–Crippen MR) is 102 cm³/mol. The van der Waals surface area contributed by atoms with Crippen molar-refractivity contribution in [3.05, 3.63) is 32.7 Å². The molecule has 1 unspecified atom stereocenters. The van der Waals surface area contributed by atoms with Crippen molar-refractivity contribution in [2.45, 2.75) is 27.4 Å². The lowest BCUT2D eigenvalue weighted by molar-refractivity contribution is 0.203. The summed E-state index contributed by atoms with van der Waals surface area (Å²) in [6.45, 7) is 8.05. The summed E-state index contributed by atoms with van der Waals surface area (Å²) in [4.78, 5) is 2.15. The first-order chi connectivity index (χ1) is 11.4. The number of hydrogen-bond acceptors (Lipinski definition) is 6. The number of nitrogens with zero attached hydrogens (tertiary/aromatic N) is 4. The standard InChI is InChI=1S/C16H20ClN5S2/c1-4-21(9-11(2)8-18)10-22-16(23)24-15(20-22)19-13-6-5-12(3)14(17)7-13/h5-7,11H,4,9-10H2,1-3H3,(H,19,20). The molecule has 1 aromatic carbocycles. The lowest BCUT2D eigenvalue weighted by atomic mass is 10.2. The Balaban J connectivity index is 2.10. The number of rotatable bonds is 7. The third-order valence-electron chi connectivity index (χ3n) is 3.56. The normalized spacial score (nSPS) is 12.2. The van der Waals surface area contributed by atoms with Gasteiger partial charge in [-0.1, -0.05) is 35.9 Å². The number of nitrogens with one attached hydrogen (secondary N) is 1. The van der Waals surface area contributed by atoms with Gasteiger partial charge in [-0.15, -0.1) is 5.10 Å². The van der Waals surface area contributed by atoms with Crippen LogP contribution in [-0.2, 0) is 6.67 Å². The van der Waals surface area contributed by atoms with E-state index < -0.39 is 0 Å². The number of aromatic nitrogens is 2. The van der Waals surface area contributed by atoms with Gasteiger partial charge < -0.3 is 5.32 Å². The average molecular weight is 382 g/mol. The number of anilines is 2. The van der Waals surface area contributed by atoms with E-state index >= 15 is 0 Å². The third-order valence-corrected chi connectivity index (χ3v) is 5.19. The molecule has 1 atom stereocenters. The average Bonchev–Trinajstić information content (AvgIpc) is 2.89. The van der Waals surface area contributed by atoms with Crippen molar-refractivity contribution in [3.8, 4) is 6.07 Å². The summed E-state index contributed by atoms with van der Waals surface area (Å²) in [6.07, 6.45) is 0. The van der Waals surface area contributed by atoms with Gasteiger partial charge in [-0.3, -0.25) is 4.90 Å². The Kier molecular flexibility index (Phi) is 6.75. The minimum Gasteiger partial charge on any atom is -0.330 e. The molecular weight excluding hydrogens is 362 g/mol. The molecule has 0 saturated carbocycles. The zero-order valence-corrected chi connectivity index (χ0v) is 16.3. The molecule has 0 aliphatic carbocycles. The first kappa shape index (κ1) is 18.9. The van der Waals surface area contributed by atoms with Gasteiger partial charge in [0.15, 0.2) is 3.95 Å². The molecule has 2 rings (SSSR count). The van der Waals surface area contributed by atoms with Gasteiger partial charge in [0.1, 0.15) is 0 Å². The van der Waals surface area contributed by atoms with Gasteiger partial charge in [0, 0.05) is 17.3 Å². The van der Waals surface area contributed by atoms with Crippen LogP contribution in [0.15, 0.2) is 18.2 Å². The number of benzene rings is 1. The van der Waals surface area contributed by atoms with Crippen molar-refractivity contribution in [1.82, 2.24) is 14.7 Å². The first-order valence-electron chi connectivity index (χ1n) is 7.66. The summed E-state index contributed by atoms with van der Waals surface area (Å²) in [5.74, 6) is -0.0231. The van der Waals surface area contributed by atoms with Crippen LogP contribution < -0.4 is 5.32 Å². The van der Waals surface area contributed by atoms with Gasteiger partial charge in [-0.05, 0) is 50.3 Å². The van der Waals surface area contributed by atoms with Crippen molar-refractivity contribution < 1.29 is 0 Å². The molecule has 1 aromatic heterocycles. The van der Waals surface area contributed by atoms with Crippen molar-refractivity contribution in [2.75, 3.05) is 18.4 Å². The van der Waals surface area contributed by atoms with Gasteiger partial charge in [-0.2, -0.15) is 5.26 Å². The minimum atomic E-state index is -0.0231. The van der Waals surface area contributed by atoms with Crippen LogP contribution in [0.4, 0.5) is 10.8 Å². The number of aryl methyl sites for hydroxylation is 1. The van der Waals surface area contributed by atoms with E-state index in [2.05, 4.69) is 28.3 Å². The lowest BCUT2D eigenvalue weighted by Gasteiger charge is -2.20. The molecule has 8 heteroatoms. The van der Waals surface area contributed by atoms with Crippen molar-refractivity contribution >= 4 is 46.0 Å². The second-order valence-electron chi connectivity index (χ2n) is 5.60. The molecule has 24 heavy (non-hydrogen) atoms. The van der Waals surface area contributed by atoms with Gasteiger partial charge in [-0.25, -0.2) is 4.68 Å². The summed E-state index contributed by atoms with van der Waals surface area (Å²) < 4.78 is 2.48. The van der Waals surface area contributed by atoms with E-state index in [9.17, 15) is 0 Å². The van der Waals surface area contributed by atoms with E-state index in [1.165, 1.54) is 11.3 Å². The first-order valence-corrected chi connectivity index (χ1v) is 9.26. The second-order valence-corrected chi connectivity index (χ2v) is 7.63. The van der Waals surface area contributed by atoms with E-state index in [1.54, 1.807) is 4.68 Å². The van der Waals surface area contributed by atoms with Gasteiger partial charge in [0.25, 0.3) is 0 Å². The zero-order valence-electron chi connectivity index (χ0n) is 13.9. The Morgan fingerprint density at radius 3 is 2.92 bits per heavy atom. The van der Waals surface area contributed by atoms with Crippen molar-refractivity contribution in [3.63, 3.8) is 0 Å². The predicted octanol–water partition coefficient (Wildman–Crippen LogP) is 4.82. The SMILES string of the molecule is CCN(CC(C)C#N)Cn1nc(Nc2ccc(C)c(Cl)c2)sc1=S. The molecule has 0 bridgehead atoms. The fourth-order valence-electron chi connectivity index (χ4n) is 2.14. The molecule has 0 spiro atoms. The highest BCUT2D eigenvalue weighted by molar-refractivity contribution is 7.73. The largest absolute Gasteiger partial charge is 0.330 e.